The summed E-state index contributed by atoms with van der Waals surface area (Å²) in [6, 6.07) is 0. The molecule has 0 spiro atoms. The summed E-state index contributed by atoms with van der Waals surface area (Å²) >= 11 is 0. The second-order valence-corrected chi connectivity index (χ2v) is 2.84. The molecule has 82 valence electrons. The second-order valence-electron chi connectivity index (χ2n) is 2.84. The van der Waals surface area contributed by atoms with Crippen molar-refractivity contribution in [1.82, 2.24) is 5.54 Å². The highest BCUT2D eigenvalue weighted by Crippen LogP contribution is 2.07. The Morgan fingerprint density at radius 1 is 1.29 bits per heavy atom. The molecule has 0 saturated carbocycles. The van der Waals surface area contributed by atoms with Gasteiger partial charge in [-0.3, -0.25) is 9.59 Å². The largest absolute Gasteiger partial charge is 0.297 e. The third-order valence-electron chi connectivity index (χ3n) is 1.69. The van der Waals surface area contributed by atoms with Crippen molar-refractivity contribution < 1.29 is 22.9 Å². The number of nitrogens with one attached hydrogen (secondary N) is 1. The van der Waals surface area contributed by atoms with Gasteiger partial charge in [0.1, 0.15) is 6.67 Å². The van der Waals surface area contributed by atoms with E-state index in [0.29, 0.717) is 12.0 Å². The van der Waals surface area contributed by atoms with Gasteiger partial charge in [0.05, 0.1) is 0 Å². The van der Waals surface area contributed by atoms with E-state index in [4.69, 9.17) is 0 Å². The average Bonchev–Trinajstić information content (AvgIpc) is 2.22. The SMILES string of the molecule is O=C(CF)CCCCC(F)C(=O)NF. The number of alkyl halides is 2. The minimum atomic E-state index is -1.90. The minimum Gasteiger partial charge on any atom is -0.297 e. The first-order valence-corrected chi connectivity index (χ1v) is 4.24. The second kappa shape index (κ2) is 7.34. The molecule has 1 amide bonds. The number of hydrogen-bond acceptors (Lipinski definition) is 2. The molecule has 0 aliphatic heterocycles. The quantitative estimate of drug-likeness (QED) is 0.511. The highest BCUT2D eigenvalue weighted by molar-refractivity contribution is 5.80. The number of carbonyl (C=O) groups excluding carboxylic acids is 2. The Morgan fingerprint density at radius 2 is 1.93 bits per heavy atom. The number of unbranched alkanes of at least 4 members (excludes halogenated alkanes) is 1. The fraction of sp³-hybridized carbons (Fsp3) is 0.750. The van der Waals surface area contributed by atoms with E-state index >= 15 is 0 Å². The summed E-state index contributed by atoms with van der Waals surface area (Å²) in [5.41, 5.74) is 0.685. The van der Waals surface area contributed by atoms with Crippen molar-refractivity contribution in [3.63, 3.8) is 0 Å². The van der Waals surface area contributed by atoms with Crippen molar-refractivity contribution in [2.45, 2.75) is 31.9 Å². The monoisotopic (exact) mass is 211 g/mol. The van der Waals surface area contributed by atoms with E-state index in [2.05, 4.69) is 0 Å². The minimum absolute atomic E-state index is 0.0282. The zero-order valence-corrected chi connectivity index (χ0v) is 7.56. The Morgan fingerprint density at radius 3 is 2.43 bits per heavy atom. The standard InChI is InChI=1S/C8H12F3NO2/c9-5-6(13)3-1-2-4-7(10)8(14)12-11/h7H,1-5H2,(H,12,14). The van der Waals surface area contributed by atoms with Gasteiger partial charge in [0.25, 0.3) is 5.91 Å². The van der Waals surface area contributed by atoms with E-state index in [9.17, 15) is 22.9 Å². The maximum absolute atomic E-state index is 12.6. The van der Waals surface area contributed by atoms with Gasteiger partial charge in [0, 0.05) is 6.42 Å². The number of amides is 1. The van der Waals surface area contributed by atoms with E-state index in [1.165, 1.54) is 0 Å². The van der Waals surface area contributed by atoms with E-state index in [1.807, 2.05) is 0 Å². The van der Waals surface area contributed by atoms with Gasteiger partial charge in [-0.2, -0.15) is 5.54 Å². The Labute approximate surface area is 79.6 Å². The lowest BCUT2D eigenvalue weighted by atomic mass is 10.1. The molecule has 0 aromatic carbocycles. The smallest absolute Gasteiger partial charge is 0.282 e. The van der Waals surface area contributed by atoms with Crippen LogP contribution in [0, 0.1) is 0 Å². The van der Waals surface area contributed by atoms with Gasteiger partial charge in [-0.05, 0) is 19.3 Å². The molecule has 0 heterocycles. The summed E-state index contributed by atoms with van der Waals surface area (Å²) in [5, 5.41) is 0. The van der Waals surface area contributed by atoms with E-state index in [0.717, 1.165) is 0 Å². The summed E-state index contributed by atoms with van der Waals surface area (Å²) in [6.45, 7) is -1.02. The van der Waals surface area contributed by atoms with Crippen molar-refractivity contribution in [2.75, 3.05) is 6.67 Å². The van der Waals surface area contributed by atoms with Gasteiger partial charge >= 0.3 is 0 Å². The molecule has 0 aromatic rings. The summed E-state index contributed by atoms with van der Waals surface area (Å²) in [4.78, 5) is 20.7. The van der Waals surface area contributed by atoms with E-state index in [1.54, 1.807) is 0 Å². The molecule has 0 rings (SSSR count). The topological polar surface area (TPSA) is 46.2 Å². The first-order valence-electron chi connectivity index (χ1n) is 4.24. The van der Waals surface area contributed by atoms with Crippen LogP contribution >= 0.6 is 0 Å². The van der Waals surface area contributed by atoms with Crippen LogP contribution in [0.3, 0.4) is 0 Å². The number of hydrogen-bond donors (Lipinski definition) is 1. The fourth-order valence-corrected chi connectivity index (χ4v) is 0.903. The molecule has 14 heavy (non-hydrogen) atoms. The van der Waals surface area contributed by atoms with Crippen LogP contribution in [0.5, 0.6) is 0 Å². The Kier molecular flexibility index (Phi) is 6.78. The van der Waals surface area contributed by atoms with Crippen molar-refractivity contribution in [3.8, 4) is 0 Å². The van der Waals surface area contributed by atoms with E-state index < -0.39 is 24.5 Å². The van der Waals surface area contributed by atoms with Gasteiger partial charge in [-0.25, -0.2) is 8.78 Å². The van der Waals surface area contributed by atoms with Gasteiger partial charge in [0.15, 0.2) is 12.0 Å². The predicted molar refractivity (Wildman–Crippen MR) is 43.6 cm³/mol. The molecule has 6 heteroatoms. The van der Waals surface area contributed by atoms with Crippen molar-refractivity contribution in [3.05, 3.63) is 0 Å². The number of rotatable bonds is 7. The van der Waals surface area contributed by atoms with Crippen molar-refractivity contribution >= 4 is 11.7 Å². The average molecular weight is 211 g/mol. The molecule has 0 fully saturated rings. The van der Waals surface area contributed by atoms with Crippen LogP contribution in [-0.2, 0) is 9.59 Å². The Balaban J connectivity index is 3.45. The van der Waals surface area contributed by atoms with Gasteiger partial charge in [0.2, 0.25) is 0 Å². The zero-order chi connectivity index (χ0) is 11.0. The number of Topliss-reactive ketones (excluding diaryl/α,β-unsaturated/α-hetero) is 1. The molecular formula is C8H12F3NO2. The lowest BCUT2D eigenvalue weighted by Gasteiger charge is -2.03. The third kappa shape index (κ3) is 5.55. The normalized spacial score (nSPS) is 12.2. The molecule has 0 radical (unpaired) electrons. The molecule has 3 nitrogen and oxygen atoms in total. The third-order valence-corrected chi connectivity index (χ3v) is 1.69. The van der Waals surface area contributed by atoms with Gasteiger partial charge < -0.3 is 0 Å². The van der Waals surface area contributed by atoms with E-state index in [-0.39, 0.29) is 19.3 Å². The van der Waals surface area contributed by atoms with Crippen LogP contribution in [0.1, 0.15) is 25.7 Å². The van der Waals surface area contributed by atoms with Crippen LogP contribution in [0.25, 0.3) is 0 Å². The summed E-state index contributed by atoms with van der Waals surface area (Å²) in [5.74, 6) is -1.86. The molecule has 0 aliphatic carbocycles. The Hall–Kier alpha value is -1.07. The van der Waals surface area contributed by atoms with Crippen molar-refractivity contribution in [1.29, 1.82) is 0 Å². The highest BCUT2D eigenvalue weighted by Gasteiger charge is 2.16. The van der Waals surface area contributed by atoms with Crippen LogP contribution in [0.15, 0.2) is 0 Å². The number of carbonyl (C=O) groups is 2. The lowest BCUT2D eigenvalue weighted by Crippen LogP contribution is -2.25. The zero-order valence-electron chi connectivity index (χ0n) is 7.56. The molecule has 0 bridgehead atoms. The first-order chi connectivity index (χ1) is 6.61. The maximum Gasteiger partial charge on any atom is 0.282 e. The molecule has 1 atom stereocenters. The van der Waals surface area contributed by atoms with Crippen LogP contribution in [0.2, 0.25) is 0 Å². The summed E-state index contributed by atoms with van der Waals surface area (Å²) in [6.07, 6.45) is -1.47. The molecule has 1 N–H and O–H groups in total. The summed E-state index contributed by atoms with van der Waals surface area (Å²) in [7, 11) is 0. The maximum atomic E-state index is 12.6. The van der Waals surface area contributed by atoms with Gasteiger partial charge in [-0.1, -0.05) is 0 Å². The molecule has 1 unspecified atom stereocenters. The molecule has 0 aromatic heterocycles. The fourth-order valence-electron chi connectivity index (χ4n) is 0.903. The van der Waals surface area contributed by atoms with Crippen LogP contribution in [0.4, 0.5) is 13.3 Å². The van der Waals surface area contributed by atoms with Crippen molar-refractivity contribution in [2.24, 2.45) is 0 Å². The van der Waals surface area contributed by atoms with Crippen LogP contribution in [-0.4, -0.2) is 24.5 Å². The summed E-state index contributed by atoms with van der Waals surface area (Å²) < 4.78 is 35.6. The lowest BCUT2D eigenvalue weighted by molar-refractivity contribution is -0.130. The predicted octanol–water partition coefficient (Wildman–Crippen LogP) is 1.42. The first kappa shape index (κ1) is 12.9. The van der Waals surface area contributed by atoms with Gasteiger partial charge in [-0.15, -0.1) is 4.48 Å². The Bertz CT molecular complexity index is 199. The molecule has 0 saturated heterocycles. The number of halogens is 3. The number of ketones is 1. The molecule has 0 aliphatic rings. The van der Waals surface area contributed by atoms with Crippen LogP contribution < -0.4 is 5.54 Å². The highest BCUT2D eigenvalue weighted by atomic mass is 19.2. The molecular weight excluding hydrogens is 199 g/mol.